The maximum Gasteiger partial charge on any atom is 0.338 e. The summed E-state index contributed by atoms with van der Waals surface area (Å²) in [5.74, 6) is -0.958. The first-order valence-corrected chi connectivity index (χ1v) is 7.93. The van der Waals surface area contributed by atoms with Crippen LogP contribution in [0.2, 0.25) is 10.0 Å². The van der Waals surface area contributed by atoms with Gasteiger partial charge in [-0.25, -0.2) is 9.78 Å². The summed E-state index contributed by atoms with van der Waals surface area (Å²) in [6.07, 6.45) is 0.349. The number of hydrogen-bond acceptors (Lipinski definition) is 4. The lowest BCUT2D eigenvalue weighted by Crippen LogP contribution is -2.30. The fraction of sp³-hybridized carbons (Fsp3) is 0.235. The minimum Gasteiger partial charge on any atom is -0.449 e. The van der Waals surface area contributed by atoms with E-state index in [9.17, 15) is 9.59 Å². The first kappa shape index (κ1) is 18.2. The van der Waals surface area contributed by atoms with E-state index in [1.54, 1.807) is 12.1 Å². The molecule has 0 radical (unpaired) electrons. The summed E-state index contributed by atoms with van der Waals surface area (Å²) in [5.41, 5.74) is 2.43. The highest BCUT2D eigenvalue weighted by molar-refractivity contribution is 6.36. The Morgan fingerprint density at radius 3 is 2.50 bits per heavy atom. The number of pyridine rings is 1. The standard InChI is InChI=1S/C17H16Cl2N2O3/c1-9-4-5-12(6-10(9)2)17(23)24-11(3)16(22)21-15-14(19)7-13(18)8-20-15/h4-8,11H,1-3H3,(H,20,21,22)/t11-/m1/s1. The highest BCUT2D eigenvalue weighted by Gasteiger charge is 2.20. The summed E-state index contributed by atoms with van der Waals surface area (Å²) in [7, 11) is 0. The van der Waals surface area contributed by atoms with Crippen molar-refractivity contribution in [3.63, 3.8) is 0 Å². The molecule has 0 unspecified atom stereocenters. The van der Waals surface area contributed by atoms with E-state index in [1.165, 1.54) is 19.2 Å². The number of nitrogens with zero attached hydrogens (tertiary/aromatic N) is 1. The molecule has 0 saturated carbocycles. The zero-order valence-electron chi connectivity index (χ0n) is 13.4. The second kappa shape index (κ2) is 7.64. The second-order valence-corrected chi connectivity index (χ2v) is 6.16. The van der Waals surface area contributed by atoms with Gasteiger partial charge in [0, 0.05) is 6.20 Å². The van der Waals surface area contributed by atoms with Crippen LogP contribution in [0.25, 0.3) is 0 Å². The lowest BCUT2D eigenvalue weighted by molar-refractivity contribution is -0.123. The van der Waals surface area contributed by atoms with Crippen LogP contribution in [0.5, 0.6) is 0 Å². The van der Waals surface area contributed by atoms with Gasteiger partial charge >= 0.3 is 5.97 Å². The van der Waals surface area contributed by atoms with Gasteiger partial charge < -0.3 is 10.1 Å². The van der Waals surface area contributed by atoms with Gasteiger partial charge in [0.15, 0.2) is 11.9 Å². The maximum absolute atomic E-state index is 12.1. The predicted octanol–water partition coefficient (Wildman–Crippen LogP) is 4.19. The smallest absolute Gasteiger partial charge is 0.338 e. The van der Waals surface area contributed by atoms with Crippen LogP contribution in [0.3, 0.4) is 0 Å². The van der Waals surface area contributed by atoms with Crippen molar-refractivity contribution >= 4 is 40.9 Å². The van der Waals surface area contributed by atoms with Crippen molar-refractivity contribution in [2.75, 3.05) is 5.32 Å². The number of aryl methyl sites for hydroxylation is 2. The van der Waals surface area contributed by atoms with Crippen molar-refractivity contribution in [1.29, 1.82) is 0 Å². The quantitative estimate of drug-likeness (QED) is 0.823. The number of anilines is 1. The third-order valence-corrected chi connectivity index (χ3v) is 3.94. The van der Waals surface area contributed by atoms with Crippen molar-refractivity contribution in [1.82, 2.24) is 4.98 Å². The molecule has 1 heterocycles. The molecule has 24 heavy (non-hydrogen) atoms. The molecule has 2 aromatic rings. The normalized spacial score (nSPS) is 11.7. The number of benzene rings is 1. The zero-order valence-corrected chi connectivity index (χ0v) is 14.9. The summed E-state index contributed by atoms with van der Waals surface area (Å²) in [6, 6.07) is 6.67. The van der Waals surface area contributed by atoms with Gasteiger partial charge in [-0.1, -0.05) is 29.3 Å². The van der Waals surface area contributed by atoms with Crippen LogP contribution in [-0.2, 0) is 9.53 Å². The van der Waals surface area contributed by atoms with Crippen molar-refractivity contribution in [3.05, 3.63) is 57.2 Å². The number of hydrogen-bond donors (Lipinski definition) is 1. The first-order valence-electron chi connectivity index (χ1n) is 7.18. The molecule has 0 spiro atoms. The number of nitrogens with one attached hydrogen (secondary N) is 1. The van der Waals surface area contributed by atoms with E-state index in [0.29, 0.717) is 10.6 Å². The number of esters is 1. The molecular formula is C17H16Cl2N2O3. The molecule has 0 aliphatic heterocycles. The molecule has 1 N–H and O–H groups in total. The van der Waals surface area contributed by atoms with Crippen LogP contribution in [0.4, 0.5) is 5.82 Å². The van der Waals surface area contributed by atoms with Crippen LogP contribution in [0.1, 0.15) is 28.4 Å². The lowest BCUT2D eigenvalue weighted by atomic mass is 10.1. The number of carbonyl (C=O) groups excluding carboxylic acids is 2. The highest BCUT2D eigenvalue weighted by atomic mass is 35.5. The van der Waals surface area contributed by atoms with Gasteiger partial charge in [0.05, 0.1) is 15.6 Å². The molecule has 0 bridgehead atoms. The summed E-state index contributed by atoms with van der Waals surface area (Å²) in [4.78, 5) is 28.2. The molecule has 0 aliphatic carbocycles. The molecule has 1 amide bonds. The molecule has 1 aromatic heterocycles. The van der Waals surface area contributed by atoms with Gasteiger partial charge in [-0.05, 0) is 50.1 Å². The van der Waals surface area contributed by atoms with Crippen molar-refractivity contribution in [3.8, 4) is 0 Å². The molecule has 7 heteroatoms. The number of aromatic nitrogens is 1. The summed E-state index contributed by atoms with van der Waals surface area (Å²) in [6.45, 7) is 5.32. The predicted molar refractivity (Wildman–Crippen MR) is 93.7 cm³/mol. The van der Waals surface area contributed by atoms with Crippen LogP contribution < -0.4 is 5.32 Å². The van der Waals surface area contributed by atoms with E-state index in [0.717, 1.165) is 11.1 Å². The fourth-order valence-corrected chi connectivity index (χ4v) is 2.30. The summed E-state index contributed by atoms with van der Waals surface area (Å²) < 4.78 is 5.18. The third-order valence-electron chi connectivity index (χ3n) is 3.45. The largest absolute Gasteiger partial charge is 0.449 e. The Morgan fingerprint density at radius 1 is 1.17 bits per heavy atom. The molecule has 0 saturated heterocycles. The lowest BCUT2D eigenvalue weighted by Gasteiger charge is -2.14. The Balaban J connectivity index is 2.02. The Labute approximate surface area is 149 Å². The van der Waals surface area contributed by atoms with Crippen LogP contribution >= 0.6 is 23.2 Å². The molecule has 1 aromatic carbocycles. The third kappa shape index (κ3) is 4.46. The number of ether oxygens (including phenoxy) is 1. The highest BCUT2D eigenvalue weighted by Crippen LogP contribution is 2.22. The van der Waals surface area contributed by atoms with Crippen molar-refractivity contribution in [2.45, 2.75) is 26.9 Å². The Bertz CT molecular complexity index is 793. The molecule has 5 nitrogen and oxygen atoms in total. The van der Waals surface area contributed by atoms with Gasteiger partial charge in [0.2, 0.25) is 0 Å². The molecule has 2 rings (SSSR count). The fourth-order valence-electron chi connectivity index (χ4n) is 1.88. The van der Waals surface area contributed by atoms with Crippen molar-refractivity contribution < 1.29 is 14.3 Å². The van der Waals surface area contributed by atoms with E-state index >= 15 is 0 Å². The zero-order chi connectivity index (χ0) is 17.9. The minimum atomic E-state index is -1.01. The monoisotopic (exact) mass is 366 g/mol. The van der Waals surface area contributed by atoms with E-state index in [1.807, 2.05) is 19.9 Å². The Morgan fingerprint density at radius 2 is 1.88 bits per heavy atom. The second-order valence-electron chi connectivity index (χ2n) is 5.32. The number of halogens is 2. The van der Waals surface area contributed by atoms with Gasteiger partial charge in [-0.15, -0.1) is 0 Å². The molecule has 0 aliphatic rings. The first-order chi connectivity index (χ1) is 11.3. The number of amides is 1. The van der Waals surface area contributed by atoms with E-state index in [4.69, 9.17) is 27.9 Å². The van der Waals surface area contributed by atoms with E-state index in [-0.39, 0.29) is 10.8 Å². The summed E-state index contributed by atoms with van der Waals surface area (Å²) in [5, 5.41) is 3.05. The molecule has 1 atom stereocenters. The average Bonchev–Trinajstić information content (AvgIpc) is 2.52. The van der Waals surface area contributed by atoms with Gasteiger partial charge in [-0.3, -0.25) is 4.79 Å². The van der Waals surface area contributed by atoms with Gasteiger partial charge in [-0.2, -0.15) is 0 Å². The van der Waals surface area contributed by atoms with E-state index in [2.05, 4.69) is 10.3 Å². The maximum atomic E-state index is 12.1. The number of carbonyl (C=O) groups is 2. The molecule has 126 valence electrons. The number of rotatable bonds is 4. The Kier molecular flexibility index (Phi) is 5.80. The van der Waals surface area contributed by atoms with Crippen LogP contribution in [-0.4, -0.2) is 23.0 Å². The van der Waals surface area contributed by atoms with Crippen LogP contribution in [0.15, 0.2) is 30.5 Å². The van der Waals surface area contributed by atoms with Crippen LogP contribution in [0, 0.1) is 13.8 Å². The molecule has 0 fully saturated rings. The average molecular weight is 367 g/mol. The topological polar surface area (TPSA) is 68.3 Å². The Hall–Kier alpha value is -2.11. The van der Waals surface area contributed by atoms with Gasteiger partial charge in [0.25, 0.3) is 5.91 Å². The van der Waals surface area contributed by atoms with Crippen molar-refractivity contribution in [2.24, 2.45) is 0 Å². The molecular weight excluding hydrogens is 351 g/mol. The van der Waals surface area contributed by atoms with Gasteiger partial charge in [0.1, 0.15) is 0 Å². The SMILES string of the molecule is Cc1ccc(C(=O)O[C@H](C)C(=O)Nc2ncc(Cl)cc2Cl)cc1C. The minimum absolute atomic E-state index is 0.153. The van der Waals surface area contributed by atoms with E-state index < -0.39 is 18.0 Å². The summed E-state index contributed by atoms with van der Waals surface area (Å²) >= 11 is 11.7.